The van der Waals surface area contributed by atoms with Crippen molar-refractivity contribution in [1.82, 2.24) is 25.0 Å². The minimum Gasteiger partial charge on any atom is -0.408 e. The molecule has 0 amide bonds. The van der Waals surface area contributed by atoms with Gasteiger partial charge in [-0.25, -0.2) is 9.48 Å². The molecule has 3 aromatic carbocycles. The molecule has 5 aromatic rings. The summed E-state index contributed by atoms with van der Waals surface area (Å²) in [5, 5.41) is 13.1. The Morgan fingerprint density at radius 1 is 0.853 bits per heavy atom. The topological polar surface area (TPSA) is 95.9 Å². The van der Waals surface area contributed by atoms with Crippen LogP contribution in [0.5, 0.6) is 11.8 Å². The lowest BCUT2D eigenvalue weighted by atomic mass is 10.0. The zero-order valence-corrected chi connectivity index (χ0v) is 18.9. The van der Waals surface area contributed by atoms with E-state index in [4.69, 9.17) is 32.4 Å². The summed E-state index contributed by atoms with van der Waals surface area (Å²) in [6.07, 6.45) is -0.135. The number of aromatic nitrogens is 5. The Labute approximate surface area is 203 Å². The molecule has 2 heterocycles. The van der Waals surface area contributed by atoms with E-state index in [1.165, 1.54) is 10.7 Å². The van der Waals surface area contributed by atoms with Gasteiger partial charge in [0.15, 0.2) is 5.75 Å². The summed E-state index contributed by atoms with van der Waals surface area (Å²) in [7, 11) is 0. The summed E-state index contributed by atoms with van der Waals surface area (Å²) < 4.78 is 12.2. The van der Waals surface area contributed by atoms with E-state index in [9.17, 15) is 4.79 Å². The van der Waals surface area contributed by atoms with Crippen molar-refractivity contribution in [3.63, 3.8) is 0 Å². The average Bonchev–Trinajstić information content (AvgIpc) is 3.30. The number of ether oxygens (including phenoxy) is 1. The lowest BCUT2D eigenvalue weighted by Gasteiger charge is -2.10. The molecule has 0 saturated heterocycles. The highest BCUT2D eigenvalue weighted by Crippen LogP contribution is 2.31. The van der Waals surface area contributed by atoms with Gasteiger partial charge in [0.2, 0.25) is 5.89 Å². The molecule has 0 atom stereocenters. The summed E-state index contributed by atoms with van der Waals surface area (Å²) in [6.45, 7) is -0.0918. The van der Waals surface area contributed by atoms with Gasteiger partial charge in [-0.3, -0.25) is 0 Å². The lowest BCUT2D eigenvalue weighted by molar-refractivity contribution is 0.313. The fourth-order valence-corrected chi connectivity index (χ4v) is 3.68. The van der Waals surface area contributed by atoms with Gasteiger partial charge in [0.05, 0.1) is 5.02 Å². The number of hydrogen-bond acceptors (Lipinski definition) is 7. The lowest BCUT2D eigenvalue weighted by Crippen LogP contribution is -2.27. The van der Waals surface area contributed by atoms with E-state index < -0.39 is 5.69 Å². The van der Waals surface area contributed by atoms with E-state index >= 15 is 0 Å². The van der Waals surface area contributed by atoms with Crippen LogP contribution in [0.3, 0.4) is 0 Å². The predicted octanol–water partition coefficient (Wildman–Crippen LogP) is 5.50. The highest BCUT2D eigenvalue weighted by atomic mass is 35.5. The Morgan fingerprint density at radius 3 is 2.21 bits per heavy atom. The minimum absolute atomic E-state index is 0.0918. The predicted molar refractivity (Wildman–Crippen MR) is 127 cm³/mol. The maximum absolute atomic E-state index is 12.8. The number of benzene rings is 3. The molecule has 0 N–H and O–H groups in total. The second kappa shape index (κ2) is 9.46. The van der Waals surface area contributed by atoms with Crippen LogP contribution in [-0.2, 0) is 6.54 Å². The first-order valence-electron chi connectivity index (χ1n) is 10.1. The first kappa shape index (κ1) is 21.8. The Bertz CT molecular complexity index is 1500. The first-order chi connectivity index (χ1) is 16.6. The second-order valence-electron chi connectivity index (χ2n) is 7.12. The molecule has 10 heteroatoms. The summed E-state index contributed by atoms with van der Waals surface area (Å²) in [6, 6.07) is 23.6. The van der Waals surface area contributed by atoms with Gasteiger partial charge in [0, 0.05) is 16.1 Å². The maximum atomic E-state index is 12.8. The molecule has 0 bridgehead atoms. The summed E-state index contributed by atoms with van der Waals surface area (Å²) >= 11 is 12.0. The van der Waals surface area contributed by atoms with Crippen LogP contribution < -0.4 is 10.4 Å². The van der Waals surface area contributed by atoms with Crippen molar-refractivity contribution in [1.29, 1.82) is 0 Å². The standard InChI is InChI=1S/C24H15Cl2N5O3/c25-17-11-12-19(18(26)13-17)33-24-29-28-20(34-24)14-31-23(32)27-21(15-7-3-1-4-8-15)22(30-31)16-9-5-2-6-10-16/h1-13H,14H2. The van der Waals surface area contributed by atoms with E-state index in [2.05, 4.69) is 20.3 Å². The van der Waals surface area contributed by atoms with Crippen molar-refractivity contribution < 1.29 is 9.15 Å². The van der Waals surface area contributed by atoms with Crippen molar-refractivity contribution in [3.8, 4) is 34.3 Å². The highest BCUT2D eigenvalue weighted by molar-refractivity contribution is 6.35. The van der Waals surface area contributed by atoms with Crippen LogP contribution in [0, 0.1) is 0 Å². The third-order valence-electron chi connectivity index (χ3n) is 4.79. The smallest absolute Gasteiger partial charge is 0.408 e. The fraction of sp³-hybridized carbons (Fsp3) is 0.0417. The minimum atomic E-state index is -0.556. The van der Waals surface area contributed by atoms with Crippen molar-refractivity contribution in [2.75, 3.05) is 0 Å². The van der Waals surface area contributed by atoms with E-state index in [-0.39, 0.29) is 18.5 Å². The van der Waals surface area contributed by atoms with Crippen LogP contribution in [0.25, 0.3) is 22.5 Å². The molecule has 0 aliphatic heterocycles. The monoisotopic (exact) mass is 491 g/mol. The van der Waals surface area contributed by atoms with Gasteiger partial charge in [-0.15, -0.1) is 5.10 Å². The quantitative estimate of drug-likeness (QED) is 0.309. The third kappa shape index (κ3) is 4.68. The molecule has 0 radical (unpaired) electrons. The molecule has 0 saturated carbocycles. The van der Waals surface area contributed by atoms with Gasteiger partial charge < -0.3 is 9.15 Å². The van der Waals surface area contributed by atoms with Gasteiger partial charge in [-0.1, -0.05) is 89.0 Å². The molecule has 2 aromatic heterocycles. The number of nitrogens with zero attached hydrogens (tertiary/aromatic N) is 5. The van der Waals surface area contributed by atoms with Gasteiger partial charge in [-0.05, 0) is 18.2 Å². The molecule has 0 aliphatic carbocycles. The van der Waals surface area contributed by atoms with Crippen molar-refractivity contribution in [2.45, 2.75) is 6.54 Å². The molecule has 34 heavy (non-hydrogen) atoms. The van der Waals surface area contributed by atoms with Crippen molar-refractivity contribution >= 4 is 23.2 Å². The van der Waals surface area contributed by atoms with Crippen LogP contribution in [0.1, 0.15) is 5.89 Å². The number of halogens is 2. The summed E-state index contributed by atoms with van der Waals surface area (Å²) in [4.78, 5) is 17.1. The average molecular weight is 492 g/mol. The Morgan fingerprint density at radius 2 is 1.53 bits per heavy atom. The Balaban J connectivity index is 1.47. The maximum Gasteiger partial charge on any atom is 0.420 e. The van der Waals surface area contributed by atoms with Crippen LogP contribution in [0.15, 0.2) is 88.1 Å². The van der Waals surface area contributed by atoms with Gasteiger partial charge in [-0.2, -0.15) is 10.1 Å². The molecule has 8 nitrogen and oxygen atoms in total. The molecule has 0 spiro atoms. The molecular formula is C24H15Cl2N5O3. The molecule has 0 aliphatic rings. The van der Waals surface area contributed by atoms with Crippen LogP contribution in [0.2, 0.25) is 10.0 Å². The van der Waals surface area contributed by atoms with E-state index in [0.29, 0.717) is 27.2 Å². The van der Waals surface area contributed by atoms with Gasteiger partial charge in [0.25, 0.3) is 0 Å². The van der Waals surface area contributed by atoms with Crippen LogP contribution in [0.4, 0.5) is 0 Å². The SMILES string of the molecule is O=c1nc(-c2ccccc2)c(-c2ccccc2)nn1Cc1nnc(Oc2ccc(Cl)cc2Cl)o1. The summed E-state index contributed by atoms with van der Waals surface area (Å²) in [5.74, 6) is 0.416. The molecular weight excluding hydrogens is 477 g/mol. The zero-order valence-electron chi connectivity index (χ0n) is 17.4. The Kier molecular flexibility index (Phi) is 6.07. The third-order valence-corrected chi connectivity index (χ3v) is 5.32. The fourth-order valence-electron chi connectivity index (χ4n) is 3.23. The normalized spacial score (nSPS) is 10.9. The zero-order chi connectivity index (χ0) is 23.5. The van der Waals surface area contributed by atoms with Gasteiger partial charge >= 0.3 is 11.8 Å². The molecule has 5 rings (SSSR count). The highest BCUT2D eigenvalue weighted by Gasteiger charge is 2.17. The number of rotatable bonds is 6. The second-order valence-corrected chi connectivity index (χ2v) is 7.96. The molecule has 0 fully saturated rings. The largest absolute Gasteiger partial charge is 0.420 e. The van der Waals surface area contributed by atoms with E-state index in [0.717, 1.165) is 11.1 Å². The molecule has 168 valence electrons. The van der Waals surface area contributed by atoms with E-state index in [1.807, 2.05) is 60.7 Å². The number of hydrogen-bond donors (Lipinski definition) is 0. The van der Waals surface area contributed by atoms with Gasteiger partial charge in [0.1, 0.15) is 17.9 Å². The van der Waals surface area contributed by atoms with E-state index in [1.54, 1.807) is 12.1 Å². The first-order valence-corrected chi connectivity index (χ1v) is 10.9. The van der Waals surface area contributed by atoms with Crippen LogP contribution in [-0.4, -0.2) is 25.0 Å². The Hall–Kier alpha value is -4.01. The van der Waals surface area contributed by atoms with Crippen LogP contribution >= 0.6 is 23.2 Å². The van der Waals surface area contributed by atoms with Crippen molar-refractivity contribution in [2.24, 2.45) is 0 Å². The van der Waals surface area contributed by atoms with Crippen molar-refractivity contribution in [3.05, 3.63) is 105 Å². The summed E-state index contributed by atoms with van der Waals surface area (Å²) in [5.41, 5.74) is 2.08. The molecule has 0 unspecified atom stereocenters.